The summed E-state index contributed by atoms with van der Waals surface area (Å²) in [4.78, 5) is 55.9. The number of benzene rings is 3. The van der Waals surface area contributed by atoms with Crippen LogP contribution in [0.5, 0.6) is 0 Å². The number of rotatable bonds is 8. The zero-order chi connectivity index (χ0) is 29.7. The summed E-state index contributed by atoms with van der Waals surface area (Å²) >= 11 is 0. The molecule has 3 amide bonds. The molecule has 7 rings (SSSR count). The van der Waals surface area contributed by atoms with Crippen LogP contribution in [0.2, 0.25) is 0 Å². The summed E-state index contributed by atoms with van der Waals surface area (Å²) in [7, 11) is 0. The number of amides is 3. The van der Waals surface area contributed by atoms with E-state index in [-0.39, 0.29) is 23.7 Å². The van der Waals surface area contributed by atoms with Gasteiger partial charge in [0.15, 0.2) is 6.61 Å². The molecule has 216 valence electrons. The van der Waals surface area contributed by atoms with Crippen molar-refractivity contribution in [1.29, 1.82) is 0 Å². The van der Waals surface area contributed by atoms with Crippen LogP contribution in [0.3, 0.4) is 0 Å². The van der Waals surface area contributed by atoms with Gasteiger partial charge in [-0.1, -0.05) is 94.4 Å². The third kappa shape index (κ3) is 4.25. The van der Waals surface area contributed by atoms with Crippen molar-refractivity contribution in [2.75, 3.05) is 11.9 Å². The summed E-state index contributed by atoms with van der Waals surface area (Å²) in [5.74, 6) is -3.96. The van der Waals surface area contributed by atoms with Gasteiger partial charge in [0, 0.05) is 17.5 Å². The molecule has 42 heavy (non-hydrogen) atoms. The quantitative estimate of drug-likeness (QED) is 0.300. The number of aryl methyl sites for hydroxylation is 2. The van der Waals surface area contributed by atoms with Crippen molar-refractivity contribution in [3.63, 3.8) is 0 Å². The molecule has 3 aromatic carbocycles. The van der Waals surface area contributed by atoms with Gasteiger partial charge < -0.3 is 10.1 Å². The molecule has 7 heteroatoms. The van der Waals surface area contributed by atoms with Crippen molar-refractivity contribution in [2.45, 2.75) is 58.4 Å². The highest BCUT2D eigenvalue weighted by molar-refractivity contribution is 6.10. The number of esters is 1. The molecule has 7 nitrogen and oxygen atoms in total. The van der Waals surface area contributed by atoms with Gasteiger partial charge in [-0.15, -0.1) is 0 Å². The Bertz CT molecular complexity index is 1460. The second-order valence-corrected chi connectivity index (χ2v) is 11.8. The molecule has 0 radical (unpaired) electrons. The van der Waals surface area contributed by atoms with E-state index < -0.39 is 42.3 Å². The van der Waals surface area contributed by atoms with E-state index in [2.05, 4.69) is 5.32 Å². The molecule has 0 saturated carbocycles. The molecular weight excluding hydrogens is 528 g/mol. The Morgan fingerprint density at radius 1 is 0.762 bits per heavy atom. The van der Waals surface area contributed by atoms with Crippen molar-refractivity contribution in [3.05, 3.63) is 100 Å². The number of anilines is 1. The predicted molar refractivity (Wildman–Crippen MR) is 159 cm³/mol. The van der Waals surface area contributed by atoms with Crippen molar-refractivity contribution in [3.8, 4) is 0 Å². The maximum atomic E-state index is 14.1. The van der Waals surface area contributed by atoms with Gasteiger partial charge in [0.1, 0.15) is 6.04 Å². The Morgan fingerprint density at radius 2 is 1.21 bits per heavy atom. The zero-order valence-corrected chi connectivity index (χ0v) is 24.4. The first-order chi connectivity index (χ1) is 20.3. The highest BCUT2D eigenvalue weighted by Gasteiger charge is 2.63. The number of carbonyl (C=O) groups is 4. The maximum absolute atomic E-state index is 14.1. The number of nitrogens with one attached hydrogen (secondary N) is 1. The standard InChI is InChI=1S/C35H36N2O5/c1-5-20-12-11-13-21(6-2)31(20)36-26(38)18-42-35(41)32(19(3)4)37-33(39)29-27-22-14-7-8-15-23(22)28(30(29)34(37)40)25-17-10-9-16-24(25)27/h7-17,19,27-30,32H,5-6,18H2,1-4H3,(H,36,38)/t27?,28?,29-,30-,32-/m0/s1. The Morgan fingerprint density at radius 3 is 1.62 bits per heavy atom. The summed E-state index contributed by atoms with van der Waals surface area (Å²) in [6, 6.07) is 20.8. The summed E-state index contributed by atoms with van der Waals surface area (Å²) < 4.78 is 5.50. The van der Waals surface area contributed by atoms with Crippen LogP contribution >= 0.6 is 0 Å². The molecule has 2 bridgehead atoms. The van der Waals surface area contributed by atoms with E-state index in [9.17, 15) is 19.2 Å². The molecule has 1 N–H and O–H groups in total. The van der Waals surface area contributed by atoms with E-state index in [4.69, 9.17) is 4.74 Å². The van der Waals surface area contributed by atoms with E-state index in [1.807, 2.05) is 80.6 Å². The number of imide groups is 1. The Hall–Kier alpha value is -4.26. The van der Waals surface area contributed by atoms with Crippen LogP contribution < -0.4 is 5.32 Å². The first-order valence-electron chi connectivity index (χ1n) is 14.9. The van der Waals surface area contributed by atoms with Crippen molar-refractivity contribution >= 4 is 29.4 Å². The molecule has 0 aromatic heterocycles. The van der Waals surface area contributed by atoms with Crippen LogP contribution in [-0.4, -0.2) is 41.2 Å². The molecule has 1 heterocycles. The summed E-state index contributed by atoms with van der Waals surface area (Å²) in [5.41, 5.74) is 7.04. The lowest BCUT2D eigenvalue weighted by Gasteiger charge is -2.45. The van der Waals surface area contributed by atoms with Crippen molar-refractivity contribution < 1.29 is 23.9 Å². The largest absolute Gasteiger partial charge is 0.454 e. The second-order valence-electron chi connectivity index (χ2n) is 11.8. The van der Waals surface area contributed by atoms with E-state index in [1.165, 1.54) is 0 Å². The Labute approximate surface area is 246 Å². The minimum atomic E-state index is -1.12. The van der Waals surface area contributed by atoms with Crippen LogP contribution in [-0.2, 0) is 36.8 Å². The fraction of sp³-hybridized carbons (Fsp3) is 0.371. The monoisotopic (exact) mass is 564 g/mol. The number of para-hydroxylation sites is 1. The summed E-state index contributed by atoms with van der Waals surface area (Å²) in [6.45, 7) is 7.11. The molecule has 1 fully saturated rings. The van der Waals surface area contributed by atoms with Crippen LogP contribution in [0.1, 0.15) is 72.9 Å². The van der Waals surface area contributed by atoms with Gasteiger partial charge in [0.05, 0.1) is 11.8 Å². The van der Waals surface area contributed by atoms with Crippen LogP contribution in [0.15, 0.2) is 66.7 Å². The lowest BCUT2D eigenvalue weighted by atomic mass is 9.55. The van der Waals surface area contributed by atoms with Gasteiger partial charge in [-0.25, -0.2) is 4.79 Å². The molecular formula is C35H36N2O5. The van der Waals surface area contributed by atoms with Gasteiger partial charge >= 0.3 is 5.97 Å². The van der Waals surface area contributed by atoms with Crippen molar-refractivity contribution in [2.24, 2.45) is 17.8 Å². The Kier molecular flexibility index (Phi) is 7.21. The average molecular weight is 565 g/mol. The van der Waals surface area contributed by atoms with Crippen LogP contribution in [0.25, 0.3) is 0 Å². The lowest BCUT2D eigenvalue weighted by molar-refractivity contribution is -0.162. The molecule has 3 aromatic rings. The van der Waals surface area contributed by atoms with Crippen LogP contribution in [0.4, 0.5) is 5.69 Å². The second kappa shape index (κ2) is 10.9. The van der Waals surface area contributed by atoms with E-state index in [0.29, 0.717) is 0 Å². The fourth-order valence-corrected chi connectivity index (χ4v) is 7.45. The molecule has 3 aliphatic carbocycles. The molecule has 0 unspecified atom stereocenters. The third-order valence-electron chi connectivity index (χ3n) is 9.24. The topological polar surface area (TPSA) is 92.8 Å². The van der Waals surface area contributed by atoms with Gasteiger partial charge in [-0.3, -0.25) is 19.3 Å². The molecule has 1 saturated heterocycles. The predicted octanol–water partition coefficient (Wildman–Crippen LogP) is 5.21. The maximum Gasteiger partial charge on any atom is 0.330 e. The minimum absolute atomic E-state index is 0.255. The number of ether oxygens (including phenoxy) is 1. The normalized spacial score (nSPS) is 22.5. The van der Waals surface area contributed by atoms with Gasteiger partial charge in [-0.05, 0) is 52.1 Å². The van der Waals surface area contributed by atoms with Crippen molar-refractivity contribution in [1.82, 2.24) is 4.90 Å². The average Bonchev–Trinajstić information content (AvgIpc) is 3.26. The smallest absolute Gasteiger partial charge is 0.330 e. The highest BCUT2D eigenvalue weighted by atomic mass is 16.5. The first kappa shape index (κ1) is 27.9. The molecule has 0 spiro atoms. The number of hydrogen-bond donors (Lipinski definition) is 1. The first-order valence-corrected chi connectivity index (χ1v) is 14.9. The third-order valence-corrected chi connectivity index (χ3v) is 9.24. The summed E-state index contributed by atoms with van der Waals surface area (Å²) in [6.07, 6.45) is 1.49. The molecule has 3 atom stereocenters. The number of hydrogen-bond acceptors (Lipinski definition) is 5. The van der Waals surface area contributed by atoms with Gasteiger partial charge in [0.2, 0.25) is 11.8 Å². The van der Waals surface area contributed by atoms with Gasteiger partial charge in [0.25, 0.3) is 5.91 Å². The fourth-order valence-electron chi connectivity index (χ4n) is 7.45. The van der Waals surface area contributed by atoms with Crippen LogP contribution in [0, 0.1) is 17.8 Å². The molecule has 1 aliphatic heterocycles. The van der Waals surface area contributed by atoms with E-state index in [0.717, 1.165) is 56.8 Å². The Balaban J connectivity index is 1.25. The van der Waals surface area contributed by atoms with Gasteiger partial charge in [-0.2, -0.15) is 0 Å². The highest BCUT2D eigenvalue weighted by Crippen LogP contribution is 2.61. The minimum Gasteiger partial charge on any atom is -0.454 e. The number of carbonyl (C=O) groups excluding carboxylic acids is 4. The zero-order valence-electron chi connectivity index (χ0n) is 24.4. The SMILES string of the molecule is CCc1cccc(CC)c1NC(=O)COC(=O)[C@H](C(C)C)N1C(=O)[C@H]2C3c4ccccc4C(c4ccccc43)[C@@H]2C1=O. The lowest BCUT2D eigenvalue weighted by Crippen LogP contribution is -2.49. The number of nitrogens with zero attached hydrogens (tertiary/aromatic N) is 1. The summed E-state index contributed by atoms with van der Waals surface area (Å²) in [5, 5.41) is 2.91. The molecule has 4 aliphatic rings. The number of likely N-dealkylation sites (tertiary alicyclic amines) is 1. The van der Waals surface area contributed by atoms with E-state index >= 15 is 0 Å². The van der Waals surface area contributed by atoms with E-state index in [1.54, 1.807) is 13.8 Å².